The van der Waals surface area contributed by atoms with Crippen LogP contribution in [-0.2, 0) is 6.42 Å². The summed E-state index contributed by atoms with van der Waals surface area (Å²) in [5, 5.41) is 4.06. The molecule has 140 valence electrons. The maximum Gasteiger partial charge on any atom is 0.254 e. The molecule has 1 amide bonds. The number of nitrogens with zero attached hydrogens (tertiary/aromatic N) is 3. The molecule has 0 saturated carbocycles. The first-order valence-corrected chi connectivity index (χ1v) is 9.59. The van der Waals surface area contributed by atoms with E-state index in [9.17, 15) is 4.79 Å². The molecule has 0 aliphatic heterocycles. The molecule has 1 N–H and O–H groups in total. The molecule has 5 nitrogen and oxygen atoms in total. The van der Waals surface area contributed by atoms with E-state index in [1.54, 1.807) is 24.5 Å². The zero-order valence-electron chi connectivity index (χ0n) is 15.1. The summed E-state index contributed by atoms with van der Waals surface area (Å²) in [6.07, 6.45) is 5.83. The van der Waals surface area contributed by atoms with E-state index in [1.807, 2.05) is 6.07 Å². The Hall–Kier alpha value is -1.85. The highest BCUT2D eigenvalue weighted by Gasteiger charge is 2.11. The van der Waals surface area contributed by atoms with Gasteiger partial charge in [0.2, 0.25) is 5.95 Å². The molecular weight excluding hydrogens is 371 g/mol. The van der Waals surface area contributed by atoms with Gasteiger partial charge in [-0.1, -0.05) is 43.1 Å². The van der Waals surface area contributed by atoms with Gasteiger partial charge in [0.25, 0.3) is 5.91 Å². The number of hydrogen-bond acceptors (Lipinski definition) is 4. The minimum Gasteiger partial charge on any atom is -0.352 e. The molecule has 1 aromatic heterocycles. The standard InChI is InChI=1S/C19H24Cl2N4O/c1-3-9-25(10-4-2)19-23-12-15(13-24-19)18(26)22-8-7-14-5-6-16(20)11-17(14)21/h5-6,11-13H,3-4,7-10H2,1-2H3,(H,22,26). The van der Waals surface area contributed by atoms with Gasteiger partial charge in [-0.2, -0.15) is 0 Å². The highest BCUT2D eigenvalue weighted by molar-refractivity contribution is 6.35. The number of carbonyl (C=O) groups is 1. The highest BCUT2D eigenvalue weighted by Crippen LogP contribution is 2.21. The van der Waals surface area contributed by atoms with Crippen LogP contribution in [0.3, 0.4) is 0 Å². The first-order valence-electron chi connectivity index (χ1n) is 8.84. The van der Waals surface area contributed by atoms with E-state index >= 15 is 0 Å². The maximum absolute atomic E-state index is 12.2. The van der Waals surface area contributed by atoms with E-state index in [0.29, 0.717) is 34.5 Å². The van der Waals surface area contributed by atoms with Gasteiger partial charge in [0.1, 0.15) is 0 Å². The summed E-state index contributed by atoms with van der Waals surface area (Å²) < 4.78 is 0. The van der Waals surface area contributed by atoms with Crippen LogP contribution in [0.5, 0.6) is 0 Å². The average Bonchev–Trinajstić information content (AvgIpc) is 2.63. The first kappa shape index (κ1) is 20.5. The molecule has 0 fully saturated rings. The summed E-state index contributed by atoms with van der Waals surface area (Å²) in [6, 6.07) is 5.35. The summed E-state index contributed by atoms with van der Waals surface area (Å²) in [7, 11) is 0. The van der Waals surface area contributed by atoms with Gasteiger partial charge < -0.3 is 10.2 Å². The molecule has 0 unspecified atom stereocenters. The Kier molecular flexibility index (Phi) is 8.13. The Labute approximate surface area is 164 Å². The molecule has 0 bridgehead atoms. The molecule has 0 aliphatic rings. The molecule has 1 aromatic carbocycles. The number of hydrogen-bond donors (Lipinski definition) is 1. The van der Waals surface area contributed by atoms with Crippen LogP contribution in [0.15, 0.2) is 30.6 Å². The van der Waals surface area contributed by atoms with E-state index in [1.165, 1.54) is 0 Å². The molecule has 1 heterocycles. The largest absolute Gasteiger partial charge is 0.352 e. The van der Waals surface area contributed by atoms with E-state index < -0.39 is 0 Å². The van der Waals surface area contributed by atoms with Gasteiger partial charge in [-0.05, 0) is 37.0 Å². The van der Waals surface area contributed by atoms with Crippen molar-refractivity contribution in [3.8, 4) is 0 Å². The minimum atomic E-state index is -0.195. The van der Waals surface area contributed by atoms with Crippen molar-refractivity contribution >= 4 is 35.1 Å². The van der Waals surface area contributed by atoms with Crippen molar-refractivity contribution in [1.82, 2.24) is 15.3 Å². The Morgan fingerprint density at radius 3 is 2.35 bits per heavy atom. The fourth-order valence-electron chi connectivity index (χ4n) is 2.59. The number of amides is 1. The Balaban J connectivity index is 1.91. The number of rotatable bonds is 9. The normalized spacial score (nSPS) is 10.6. The van der Waals surface area contributed by atoms with Crippen molar-refractivity contribution in [2.24, 2.45) is 0 Å². The fourth-order valence-corrected chi connectivity index (χ4v) is 3.09. The van der Waals surface area contributed by atoms with Gasteiger partial charge in [-0.15, -0.1) is 0 Å². The molecule has 0 spiro atoms. The quantitative estimate of drug-likeness (QED) is 0.685. The van der Waals surface area contributed by atoms with Crippen LogP contribution in [0, 0.1) is 0 Å². The Bertz CT molecular complexity index is 716. The van der Waals surface area contributed by atoms with Gasteiger partial charge in [0.05, 0.1) is 5.56 Å². The second-order valence-corrected chi connectivity index (χ2v) is 6.84. The number of anilines is 1. The molecule has 26 heavy (non-hydrogen) atoms. The molecule has 7 heteroatoms. The van der Waals surface area contributed by atoms with Crippen LogP contribution in [0.1, 0.15) is 42.6 Å². The lowest BCUT2D eigenvalue weighted by Gasteiger charge is -2.21. The molecule has 0 radical (unpaired) electrons. The van der Waals surface area contributed by atoms with Gasteiger partial charge in [0.15, 0.2) is 0 Å². The molecular formula is C19H24Cl2N4O. The zero-order valence-corrected chi connectivity index (χ0v) is 16.6. The van der Waals surface area contributed by atoms with Crippen LogP contribution in [-0.4, -0.2) is 35.5 Å². The number of aromatic nitrogens is 2. The van der Waals surface area contributed by atoms with E-state index in [0.717, 1.165) is 31.5 Å². The maximum atomic E-state index is 12.2. The van der Waals surface area contributed by atoms with Gasteiger partial charge in [0, 0.05) is 42.1 Å². The third-order valence-corrected chi connectivity index (χ3v) is 4.45. The SMILES string of the molecule is CCCN(CCC)c1ncc(C(=O)NCCc2ccc(Cl)cc2Cl)cn1. The summed E-state index contributed by atoms with van der Waals surface area (Å²) in [5.41, 5.74) is 1.39. The Morgan fingerprint density at radius 1 is 1.12 bits per heavy atom. The van der Waals surface area contributed by atoms with Crippen LogP contribution in [0.2, 0.25) is 10.0 Å². The predicted octanol–water partition coefficient (Wildman–Crippen LogP) is 4.38. The molecule has 0 aliphatic carbocycles. The van der Waals surface area contributed by atoms with E-state index in [2.05, 4.69) is 34.0 Å². The lowest BCUT2D eigenvalue weighted by Crippen LogP contribution is -2.28. The first-order chi connectivity index (χ1) is 12.5. The number of benzene rings is 1. The second-order valence-electron chi connectivity index (χ2n) is 6.00. The number of nitrogens with one attached hydrogen (secondary N) is 1. The van der Waals surface area contributed by atoms with E-state index in [4.69, 9.17) is 23.2 Å². The monoisotopic (exact) mass is 394 g/mol. The van der Waals surface area contributed by atoms with Crippen LogP contribution < -0.4 is 10.2 Å². The predicted molar refractivity (Wildman–Crippen MR) is 107 cm³/mol. The topological polar surface area (TPSA) is 58.1 Å². The fraction of sp³-hybridized carbons (Fsp3) is 0.421. The smallest absolute Gasteiger partial charge is 0.254 e. The summed E-state index contributed by atoms with van der Waals surface area (Å²) in [5.74, 6) is 0.470. The highest BCUT2D eigenvalue weighted by atomic mass is 35.5. The third kappa shape index (κ3) is 5.85. The third-order valence-electron chi connectivity index (χ3n) is 3.87. The lowest BCUT2D eigenvalue weighted by atomic mass is 10.1. The number of carbonyl (C=O) groups excluding carboxylic acids is 1. The van der Waals surface area contributed by atoms with Gasteiger partial charge >= 0.3 is 0 Å². The average molecular weight is 395 g/mol. The zero-order chi connectivity index (χ0) is 18.9. The van der Waals surface area contributed by atoms with Crippen molar-refractivity contribution in [2.75, 3.05) is 24.5 Å². The second kappa shape index (κ2) is 10.3. The van der Waals surface area contributed by atoms with Crippen LogP contribution >= 0.6 is 23.2 Å². The molecule has 2 aromatic rings. The molecule has 2 rings (SSSR count). The molecule has 0 atom stereocenters. The van der Waals surface area contributed by atoms with Crippen molar-refractivity contribution in [3.05, 3.63) is 51.8 Å². The summed E-state index contributed by atoms with van der Waals surface area (Å²) >= 11 is 12.0. The van der Waals surface area contributed by atoms with Crippen molar-refractivity contribution in [1.29, 1.82) is 0 Å². The number of halogens is 2. The summed E-state index contributed by atoms with van der Waals surface area (Å²) in [4.78, 5) is 23.1. The van der Waals surface area contributed by atoms with Gasteiger partial charge in [-0.3, -0.25) is 4.79 Å². The summed E-state index contributed by atoms with van der Waals surface area (Å²) in [6.45, 7) is 6.52. The van der Waals surface area contributed by atoms with Crippen molar-refractivity contribution in [3.63, 3.8) is 0 Å². The Morgan fingerprint density at radius 2 is 1.77 bits per heavy atom. The van der Waals surface area contributed by atoms with Crippen LogP contribution in [0.4, 0.5) is 5.95 Å². The van der Waals surface area contributed by atoms with Crippen molar-refractivity contribution < 1.29 is 4.79 Å². The van der Waals surface area contributed by atoms with E-state index in [-0.39, 0.29) is 5.91 Å². The van der Waals surface area contributed by atoms with Gasteiger partial charge in [-0.25, -0.2) is 9.97 Å². The molecule has 0 saturated heterocycles. The lowest BCUT2D eigenvalue weighted by molar-refractivity contribution is 0.0953. The van der Waals surface area contributed by atoms with Crippen LogP contribution in [0.25, 0.3) is 0 Å². The van der Waals surface area contributed by atoms with Crippen molar-refractivity contribution in [2.45, 2.75) is 33.1 Å². The minimum absolute atomic E-state index is 0.195.